The number of aromatic nitrogens is 3. The molecule has 0 aliphatic carbocycles. The van der Waals surface area contributed by atoms with Gasteiger partial charge in [-0.25, -0.2) is 4.98 Å². The summed E-state index contributed by atoms with van der Waals surface area (Å²) in [6.07, 6.45) is 2.03. The number of benzene rings is 3. The molecule has 0 saturated carbocycles. The maximum absolute atomic E-state index is 13.5. The molecule has 0 radical (unpaired) electrons. The number of carbonyl (C=O) groups is 1. The van der Waals surface area contributed by atoms with Crippen LogP contribution in [0.3, 0.4) is 0 Å². The molecule has 0 unspecified atom stereocenters. The third kappa shape index (κ3) is 3.46. The van der Waals surface area contributed by atoms with Crippen molar-refractivity contribution >= 4 is 27.7 Å². The standard InChI is InChI=1S/C27H25N3O4/c1-15-6-8-20-21(10-15)29-27(28-20)19-14-30(2)22-9-7-16(11-18(19)22)25(31)17-12-23(32-3)26(34-5)24(13-17)33-4/h6-14H,1-5H3,(H,28,29). The van der Waals surface area contributed by atoms with Crippen LogP contribution in [0.15, 0.2) is 54.7 Å². The van der Waals surface area contributed by atoms with E-state index in [4.69, 9.17) is 19.2 Å². The van der Waals surface area contributed by atoms with E-state index < -0.39 is 0 Å². The van der Waals surface area contributed by atoms with Crippen LogP contribution in [0.5, 0.6) is 17.2 Å². The number of fused-ring (bicyclic) bond motifs is 2. The molecule has 0 bridgehead atoms. The number of imidazole rings is 1. The Morgan fingerprint density at radius 3 is 2.32 bits per heavy atom. The van der Waals surface area contributed by atoms with Gasteiger partial charge in [0.05, 0.1) is 32.4 Å². The highest BCUT2D eigenvalue weighted by molar-refractivity contribution is 6.12. The predicted octanol–water partition coefficient (Wildman–Crippen LogP) is 5.29. The van der Waals surface area contributed by atoms with Crippen LogP contribution in [-0.4, -0.2) is 41.6 Å². The second kappa shape index (κ2) is 8.26. The molecule has 0 atom stereocenters. The van der Waals surface area contributed by atoms with E-state index in [-0.39, 0.29) is 5.78 Å². The average Bonchev–Trinajstić information content (AvgIpc) is 3.42. The Hall–Kier alpha value is -4.26. The summed E-state index contributed by atoms with van der Waals surface area (Å²) in [6.45, 7) is 2.05. The lowest BCUT2D eigenvalue weighted by Gasteiger charge is -2.13. The fraction of sp³-hybridized carbons (Fsp3) is 0.185. The highest BCUT2D eigenvalue weighted by atomic mass is 16.5. The number of aryl methyl sites for hydroxylation is 2. The first-order chi connectivity index (χ1) is 16.4. The number of methoxy groups -OCH3 is 3. The van der Waals surface area contributed by atoms with Gasteiger partial charge in [-0.15, -0.1) is 0 Å². The van der Waals surface area contributed by atoms with E-state index in [0.29, 0.717) is 28.4 Å². The van der Waals surface area contributed by atoms with Crippen LogP contribution in [0.4, 0.5) is 0 Å². The SMILES string of the molecule is COc1cc(C(=O)c2ccc3c(c2)c(-c2nc4ccc(C)cc4[nH]2)cn3C)cc(OC)c1OC. The van der Waals surface area contributed by atoms with Gasteiger partial charge >= 0.3 is 0 Å². The molecule has 3 aromatic carbocycles. The molecule has 172 valence electrons. The van der Waals surface area contributed by atoms with E-state index >= 15 is 0 Å². The highest BCUT2D eigenvalue weighted by Crippen LogP contribution is 2.39. The number of ketones is 1. The maximum atomic E-state index is 13.5. The minimum absolute atomic E-state index is 0.142. The van der Waals surface area contributed by atoms with Crippen LogP contribution >= 0.6 is 0 Å². The minimum Gasteiger partial charge on any atom is -0.493 e. The van der Waals surface area contributed by atoms with E-state index in [1.54, 1.807) is 12.1 Å². The van der Waals surface area contributed by atoms with Crippen LogP contribution < -0.4 is 14.2 Å². The van der Waals surface area contributed by atoms with Gasteiger partial charge in [0.1, 0.15) is 5.82 Å². The molecule has 0 spiro atoms. The van der Waals surface area contributed by atoms with Crippen LogP contribution in [0.1, 0.15) is 21.5 Å². The first-order valence-electron chi connectivity index (χ1n) is 10.8. The molecule has 0 aliphatic heterocycles. The second-order valence-corrected chi connectivity index (χ2v) is 8.23. The lowest BCUT2D eigenvalue weighted by molar-refractivity contribution is 0.103. The fourth-order valence-electron chi connectivity index (χ4n) is 4.35. The van der Waals surface area contributed by atoms with Crippen molar-refractivity contribution in [2.45, 2.75) is 6.92 Å². The van der Waals surface area contributed by atoms with Crippen LogP contribution in [-0.2, 0) is 7.05 Å². The zero-order valence-electron chi connectivity index (χ0n) is 19.7. The van der Waals surface area contributed by atoms with Gasteiger partial charge in [-0.2, -0.15) is 0 Å². The van der Waals surface area contributed by atoms with Crippen molar-refractivity contribution in [2.24, 2.45) is 7.05 Å². The number of nitrogens with one attached hydrogen (secondary N) is 1. The minimum atomic E-state index is -0.142. The molecule has 5 aromatic rings. The van der Waals surface area contributed by atoms with Crippen LogP contribution in [0.2, 0.25) is 0 Å². The Morgan fingerprint density at radius 2 is 1.65 bits per heavy atom. The zero-order chi connectivity index (χ0) is 24.0. The predicted molar refractivity (Wildman–Crippen MR) is 132 cm³/mol. The van der Waals surface area contributed by atoms with Crippen molar-refractivity contribution in [3.63, 3.8) is 0 Å². The number of rotatable bonds is 6. The van der Waals surface area contributed by atoms with Crippen LogP contribution in [0, 0.1) is 6.92 Å². The summed E-state index contributed by atoms with van der Waals surface area (Å²) in [5, 5.41) is 0.941. The first kappa shape index (κ1) is 21.6. The molecule has 0 aliphatic rings. The smallest absolute Gasteiger partial charge is 0.203 e. The first-order valence-corrected chi connectivity index (χ1v) is 10.8. The monoisotopic (exact) mass is 455 g/mol. The molecule has 2 heterocycles. The molecule has 5 rings (SSSR count). The van der Waals surface area contributed by atoms with Gasteiger partial charge in [-0.05, 0) is 55.0 Å². The number of carbonyl (C=O) groups excluding carboxylic acids is 1. The summed E-state index contributed by atoms with van der Waals surface area (Å²) in [6, 6.07) is 15.2. The van der Waals surface area contributed by atoms with E-state index in [0.717, 1.165) is 33.3 Å². The fourth-order valence-corrected chi connectivity index (χ4v) is 4.35. The summed E-state index contributed by atoms with van der Waals surface area (Å²) >= 11 is 0. The maximum Gasteiger partial charge on any atom is 0.203 e. The van der Waals surface area contributed by atoms with Gasteiger partial charge in [0.2, 0.25) is 5.75 Å². The third-order valence-corrected chi connectivity index (χ3v) is 6.07. The Bertz CT molecular complexity index is 1540. The molecule has 1 N–H and O–H groups in total. The number of H-pyrrole nitrogens is 1. The Morgan fingerprint density at radius 1 is 0.912 bits per heavy atom. The molecule has 7 heteroatoms. The average molecular weight is 456 g/mol. The lowest BCUT2D eigenvalue weighted by Crippen LogP contribution is -2.04. The van der Waals surface area contributed by atoms with Gasteiger partial charge in [-0.3, -0.25) is 4.79 Å². The van der Waals surface area contributed by atoms with Crippen molar-refractivity contribution in [3.8, 4) is 28.6 Å². The van der Waals surface area contributed by atoms with E-state index in [1.165, 1.54) is 26.9 Å². The molecule has 0 fully saturated rings. The number of ether oxygens (including phenoxy) is 3. The van der Waals surface area contributed by atoms with Gasteiger partial charge in [0, 0.05) is 40.8 Å². The number of aromatic amines is 1. The zero-order valence-corrected chi connectivity index (χ0v) is 19.7. The summed E-state index contributed by atoms with van der Waals surface area (Å²) in [7, 11) is 6.58. The molecule has 0 saturated heterocycles. The summed E-state index contributed by atoms with van der Waals surface area (Å²) in [5.41, 5.74) is 6.00. The Kier molecular flexibility index (Phi) is 5.24. The summed E-state index contributed by atoms with van der Waals surface area (Å²) < 4.78 is 18.3. The van der Waals surface area contributed by atoms with E-state index in [2.05, 4.69) is 18.0 Å². The van der Waals surface area contributed by atoms with Crippen molar-refractivity contribution in [3.05, 3.63) is 71.4 Å². The molecule has 34 heavy (non-hydrogen) atoms. The molecular formula is C27H25N3O4. The van der Waals surface area contributed by atoms with Crippen molar-refractivity contribution in [2.75, 3.05) is 21.3 Å². The normalized spacial score (nSPS) is 11.2. The highest BCUT2D eigenvalue weighted by Gasteiger charge is 2.20. The molecule has 2 aromatic heterocycles. The van der Waals surface area contributed by atoms with Gasteiger partial charge < -0.3 is 23.8 Å². The third-order valence-electron chi connectivity index (χ3n) is 6.07. The van der Waals surface area contributed by atoms with Gasteiger partial charge in [0.25, 0.3) is 0 Å². The van der Waals surface area contributed by atoms with Gasteiger partial charge in [-0.1, -0.05) is 6.07 Å². The van der Waals surface area contributed by atoms with Crippen molar-refractivity contribution in [1.82, 2.24) is 14.5 Å². The topological polar surface area (TPSA) is 78.4 Å². The number of nitrogens with zero attached hydrogens (tertiary/aromatic N) is 2. The quantitative estimate of drug-likeness (QED) is 0.352. The Balaban J connectivity index is 1.62. The molecule has 0 amide bonds. The number of hydrogen-bond acceptors (Lipinski definition) is 5. The summed E-state index contributed by atoms with van der Waals surface area (Å²) in [5.74, 6) is 1.94. The largest absolute Gasteiger partial charge is 0.493 e. The van der Waals surface area contributed by atoms with Crippen molar-refractivity contribution < 1.29 is 19.0 Å². The molecular weight excluding hydrogens is 430 g/mol. The van der Waals surface area contributed by atoms with E-state index in [9.17, 15) is 4.79 Å². The van der Waals surface area contributed by atoms with Crippen LogP contribution in [0.25, 0.3) is 33.3 Å². The van der Waals surface area contributed by atoms with E-state index in [1.807, 2.05) is 48.1 Å². The second-order valence-electron chi connectivity index (χ2n) is 8.23. The van der Waals surface area contributed by atoms with Gasteiger partial charge in [0.15, 0.2) is 17.3 Å². The Labute approximate surface area is 196 Å². The summed E-state index contributed by atoms with van der Waals surface area (Å²) in [4.78, 5) is 21.7. The lowest BCUT2D eigenvalue weighted by atomic mass is 10.00. The number of hydrogen-bond donors (Lipinski definition) is 1. The molecule has 7 nitrogen and oxygen atoms in total. The van der Waals surface area contributed by atoms with Crippen molar-refractivity contribution in [1.29, 1.82) is 0 Å².